The molecule has 3 aromatic carbocycles. The third kappa shape index (κ3) is 5.15. The maximum absolute atomic E-state index is 13.2. The second-order valence-corrected chi connectivity index (χ2v) is 8.88. The zero-order valence-electron chi connectivity index (χ0n) is 17.2. The lowest BCUT2D eigenvalue weighted by molar-refractivity contribution is -0.118. The number of aryl methyl sites for hydroxylation is 1. The van der Waals surface area contributed by atoms with Crippen LogP contribution in [0.2, 0.25) is 0 Å². The van der Waals surface area contributed by atoms with Crippen LogP contribution in [0, 0.1) is 6.92 Å². The summed E-state index contributed by atoms with van der Waals surface area (Å²) in [6.45, 7) is 1.99. The highest BCUT2D eigenvalue weighted by molar-refractivity contribution is 9.10. The van der Waals surface area contributed by atoms with Crippen molar-refractivity contribution in [2.45, 2.75) is 12.1 Å². The summed E-state index contributed by atoms with van der Waals surface area (Å²) in [5.41, 5.74) is 5.63. The Labute approximate surface area is 197 Å². The van der Waals surface area contributed by atoms with Gasteiger partial charge in [0.25, 0.3) is 11.5 Å². The Morgan fingerprint density at radius 3 is 2.69 bits per heavy atom. The molecule has 0 atom stereocenters. The van der Waals surface area contributed by atoms with E-state index in [1.54, 1.807) is 18.3 Å². The average Bonchev–Trinajstić information content (AvgIpc) is 2.79. The smallest absolute Gasteiger partial charge is 0.266 e. The first-order valence-corrected chi connectivity index (χ1v) is 11.6. The van der Waals surface area contributed by atoms with Crippen LogP contribution in [0.15, 0.2) is 92.3 Å². The molecule has 0 spiro atoms. The van der Waals surface area contributed by atoms with Crippen molar-refractivity contribution >= 4 is 50.7 Å². The van der Waals surface area contributed by atoms with Gasteiger partial charge in [-0.15, -0.1) is 0 Å². The Balaban J connectivity index is 1.56. The van der Waals surface area contributed by atoms with Gasteiger partial charge in [0.2, 0.25) is 0 Å². The summed E-state index contributed by atoms with van der Waals surface area (Å²) in [7, 11) is 0. The zero-order valence-corrected chi connectivity index (χ0v) is 19.6. The molecule has 0 aliphatic rings. The van der Waals surface area contributed by atoms with Gasteiger partial charge >= 0.3 is 0 Å². The lowest BCUT2D eigenvalue weighted by Crippen LogP contribution is -2.24. The largest absolute Gasteiger partial charge is 0.272 e. The minimum atomic E-state index is -0.288. The second kappa shape index (κ2) is 9.93. The molecule has 160 valence electrons. The number of para-hydroxylation sites is 1. The lowest BCUT2D eigenvalue weighted by Gasteiger charge is -2.13. The Hall–Kier alpha value is -3.23. The minimum Gasteiger partial charge on any atom is -0.272 e. The molecule has 0 bridgehead atoms. The van der Waals surface area contributed by atoms with Gasteiger partial charge in [-0.3, -0.25) is 14.2 Å². The van der Waals surface area contributed by atoms with Crippen LogP contribution in [0.1, 0.15) is 11.1 Å². The number of nitrogens with zero attached hydrogens (tertiary/aromatic N) is 3. The van der Waals surface area contributed by atoms with Gasteiger partial charge in [-0.05, 0) is 48.9 Å². The summed E-state index contributed by atoms with van der Waals surface area (Å²) in [6.07, 6.45) is 1.60. The Morgan fingerprint density at radius 2 is 1.91 bits per heavy atom. The molecule has 4 rings (SSSR count). The molecular weight excluding hydrogens is 488 g/mol. The number of hydrazone groups is 1. The molecular formula is C24H19BrN4O2S. The molecule has 0 saturated carbocycles. The molecule has 0 aliphatic carbocycles. The number of thioether (sulfide) groups is 1. The van der Waals surface area contributed by atoms with E-state index in [-0.39, 0.29) is 17.2 Å². The van der Waals surface area contributed by atoms with Crippen LogP contribution in [-0.4, -0.2) is 27.4 Å². The number of rotatable bonds is 6. The monoisotopic (exact) mass is 506 g/mol. The second-order valence-electron chi connectivity index (χ2n) is 7.02. The van der Waals surface area contributed by atoms with Gasteiger partial charge in [0, 0.05) is 4.47 Å². The van der Waals surface area contributed by atoms with E-state index in [1.807, 2.05) is 67.6 Å². The van der Waals surface area contributed by atoms with E-state index in [4.69, 9.17) is 0 Å². The number of nitrogens with one attached hydrogen (secondary N) is 1. The van der Waals surface area contributed by atoms with Crippen molar-refractivity contribution in [2.24, 2.45) is 5.10 Å². The molecule has 1 heterocycles. The minimum absolute atomic E-state index is 0.0620. The molecule has 6 nitrogen and oxygen atoms in total. The van der Waals surface area contributed by atoms with E-state index in [9.17, 15) is 9.59 Å². The predicted molar refractivity (Wildman–Crippen MR) is 133 cm³/mol. The van der Waals surface area contributed by atoms with Crippen molar-refractivity contribution in [2.75, 3.05) is 5.75 Å². The molecule has 1 aromatic heterocycles. The van der Waals surface area contributed by atoms with E-state index in [2.05, 4.69) is 31.4 Å². The number of carbonyl (C=O) groups is 1. The lowest BCUT2D eigenvalue weighted by atomic mass is 10.2. The summed E-state index contributed by atoms with van der Waals surface area (Å²) >= 11 is 4.60. The van der Waals surface area contributed by atoms with Crippen LogP contribution >= 0.6 is 27.7 Å². The molecule has 1 amide bonds. The number of hydrogen-bond acceptors (Lipinski definition) is 5. The number of fused-ring (bicyclic) bond motifs is 1. The molecule has 1 N–H and O–H groups in total. The summed E-state index contributed by atoms with van der Waals surface area (Å²) in [6, 6.07) is 22.4. The fraction of sp³-hybridized carbons (Fsp3) is 0.0833. The first-order chi connectivity index (χ1) is 15.5. The van der Waals surface area contributed by atoms with E-state index in [0.29, 0.717) is 21.7 Å². The molecule has 0 radical (unpaired) electrons. The van der Waals surface area contributed by atoms with Gasteiger partial charge in [0.05, 0.1) is 28.6 Å². The number of halogens is 1. The topological polar surface area (TPSA) is 76.3 Å². The quantitative estimate of drug-likeness (QED) is 0.178. The fourth-order valence-corrected chi connectivity index (χ4v) is 4.19. The van der Waals surface area contributed by atoms with Crippen LogP contribution in [0.5, 0.6) is 0 Å². The van der Waals surface area contributed by atoms with Crippen molar-refractivity contribution in [1.29, 1.82) is 0 Å². The Bertz CT molecular complexity index is 1370. The first-order valence-electron chi connectivity index (χ1n) is 9.80. The molecule has 0 saturated heterocycles. The number of carbonyl (C=O) groups excluding carboxylic acids is 1. The summed E-state index contributed by atoms with van der Waals surface area (Å²) < 4.78 is 2.44. The summed E-state index contributed by atoms with van der Waals surface area (Å²) in [4.78, 5) is 30.2. The molecule has 32 heavy (non-hydrogen) atoms. The number of benzene rings is 3. The standard InChI is InChI=1S/C24H19BrN4O2S/c1-16-5-4-6-17(13-16)14-26-28-22(30)15-32-24-27-21-8-3-2-7-20(21)23(31)29(24)19-11-9-18(25)10-12-19/h2-14H,15H2,1H3,(H,28,30)/b26-14-. The van der Waals surface area contributed by atoms with E-state index < -0.39 is 0 Å². The Morgan fingerprint density at radius 1 is 1.12 bits per heavy atom. The highest BCUT2D eigenvalue weighted by Crippen LogP contribution is 2.22. The maximum atomic E-state index is 13.2. The van der Waals surface area contributed by atoms with Crippen molar-refractivity contribution in [1.82, 2.24) is 15.0 Å². The number of amides is 1. The van der Waals surface area contributed by atoms with Crippen LogP contribution in [0.3, 0.4) is 0 Å². The number of aromatic nitrogens is 2. The molecule has 0 aliphatic heterocycles. The zero-order chi connectivity index (χ0) is 22.5. The highest BCUT2D eigenvalue weighted by atomic mass is 79.9. The van der Waals surface area contributed by atoms with Crippen LogP contribution in [0.4, 0.5) is 0 Å². The van der Waals surface area contributed by atoms with Crippen LogP contribution in [0.25, 0.3) is 16.6 Å². The molecule has 4 aromatic rings. The van der Waals surface area contributed by atoms with E-state index in [1.165, 1.54) is 16.3 Å². The van der Waals surface area contributed by atoms with Crippen molar-refractivity contribution < 1.29 is 4.79 Å². The third-order valence-corrected chi connectivity index (χ3v) is 6.07. The normalized spacial score (nSPS) is 11.2. The fourth-order valence-electron chi connectivity index (χ4n) is 3.12. The molecule has 0 fully saturated rings. The van der Waals surface area contributed by atoms with Crippen molar-refractivity contribution in [3.05, 3.63) is 98.7 Å². The van der Waals surface area contributed by atoms with Gasteiger partial charge in [0.15, 0.2) is 5.16 Å². The molecule has 8 heteroatoms. The highest BCUT2D eigenvalue weighted by Gasteiger charge is 2.14. The third-order valence-electron chi connectivity index (χ3n) is 4.61. The summed E-state index contributed by atoms with van der Waals surface area (Å²) in [5, 5.41) is 4.98. The summed E-state index contributed by atoms with van der Waals surface area (Å²) in [5.74, 6) is -0.226. The van der Waals surface area contributed by atoms with E-state index >= 15 is 0 Å². The Kier molecular flexibility index (Phi) is 6.82. The van der Waals surface area contributed by atoms with Crippen LogP contribution in [-0.2, 0) is 4.79 Å². The predicted octanol–water partition coefficient (Wildman–Crippen LogP) is 4.70. The number of hydrogen-bond donors (Lipinski definition) is 1. The first kappa shape index (κ1) is 22.0. The van der Waals surface area contributed by atoms with Gasteiger partial charge in [-0.1, -0.05) is 69.7 Å². The average molecular weight is 507 g/mol. The van der Waals surface area contributed by atoms with E-state index in [0.717, 1.165) is 15.6 Å². The van der Waals surface area contributed by atoms with Gasteiger partial charge < -0.3 is 0 Å². The SMILES string of the molecule is Cc1cccc(/C=N\NC(=O)CSc2nc3ccccc3c(=O)n2-c2ccc(Br)cc2)c1. The van der Waals surface area contributed by atoms with Crippen molar-refractivity contribution in [3.63, 3.8) is 0 Å². The van der Waals surface area contributed by atoms with Gasteiger partial charge in [0.1, 0.15) is 0 Å². The van der Waals surface area contributed by atoms with Gasteiger partial charge in [-0.2, -0.15) is 5.10 Å². The molecule has 0 unspecified atom stereocenters. The van der Waals surface area contributed by atoms with Gasteiger partial charge in [-0.25, -0.2) is 10.4 Å². The maximum Gasteiger partial charge on any atom is 0.266 e. The van der Waals surface area contributed by atoms with Crippen molar-refractivity contribution in [3.8, 4) is 5.69 Å². The van der Waals surface area contributed by atoms with Crippen LogP contribution < -0.4 is 11.0 Å².